The molecule has 0 amide bonds. The maximum Gasteiger partial charge on any atom is 0.203 e. The summed E-state index contributed by atoms with van der Waals surface area (Å²) in [6, 6.07) is 5.66. The summed E-state index contributed by atoms with van der Waals surface area (Å²) >= 11 is 0. The Morgan fingerprint density at radius 1 is 0.950 bits per heavy atom. The Balaban J connectivity index is 2.42. The first kappa shape index (κ1) is 16.6. The van der Waals surface area contributed by atoms with Gasteiger partial charge in [0.05, 0.1) is 20.8 Å². The normalized spacial score (nSPS) is 10.7. The van der Waals surface area contributed by atoms with Gasteiger partial charge in [0, 0.05) is 0 Å². The number of rotatable bonds is 10. The monoisotopic (exact) mass is 281 g/mol. The van der Waals surface area contributed by atoms with Crippen molar-refractivity contribution in [3.05, 3.63) is 18.2 Å². The second kappa shape index (κ2) is 9.48. The third-order valence-corrected chi connectivity index (χ3v) is 3.39. The zero-order valence-corrected chi connectivity index (χ0v) is 13.1. The van der Waals surface area contributed by atoms with E-state index in [1.165, 1.54) is 0 Å². The lowest BCUT2D eigenvalue weighted by atomic mass is 10.2. The molecule has 0 fully saturated rings. The van der Waals surface area contributed by atoms with Crippen molar-refractivity contribution in [2.45, 2.75) is 26.7 Å². The highest BCUT2D eigenvalue weighted by Gasteiger charge is 2.10. The molecule has 0 unspecified atom stereocenters. The Kier molecular flexibility index (Phi) is 7.88. The zero-order chi connectivity index (χ0) is 14.8. The van der Waals surface area contributed by atoms with Gasteiger partial charge in [-0.3, -0.25) is 0 Å². The molecule has 4 nitrogen and oxygen atoms in total. The molecule has 0 aliphatic carbocycles. The van der Waals surface area contributed by atoms with Crippen LogP contribution in [0.1, 0.15) is 26.7 Å². The number of hydrogen-bond donors (Lipinski definition) is 0. The summed E-state index contributed by atoms with van der Waals surface area (Å²) in [5, 5.41) is 0. The Morgan fingerprint density at radius 2 is 1.55 bits per heavy atom. The molecule has 1 aromatic carbocycles. The molecule has 1 rings (SSSR count). The van der Waals surface area contributed by atoms with Crippen molar-refractivity contribution in [3.63, 3.8) is 0 Å². The highest BCUT2D eigenvalue weighted by molar-refractivity contribution is 5.51. The van der Waals surface area contributed by atoms with Crippen LogP contribution in [0.15, 0.2) is 18.2 Å². The van der Waals surface area contributed by atoms with E-state index in [1.807, 2.05) is 18.2 Å². The molecule has 1 aromatic rings. The Hall–Kier alpha value is -1.42. The Morgan fingerprint density at radius 3 is 2.05 bits per heavy atom. The van der Waals surface area contributed by atoms with Crippen LogP contribution in [-0.4, -0.2) is 45.4 Å². The third kappa shape index (κ3) is 4.93. The van der Waals surface area contributed by atoms with E-state index in [2.05, 4.69) is 18.7 Å². The van der Waals surface area contributed by atoms with Gasteiger partial charge >= 0.3 is 0 Å². The minimum Gasteiger partial charge on any atom is -0.493 e. The smallest absolute Gasteiger partial charge is 0.203 e. The molecule has 0 atom stereocenters. The van der Waals surface area contributed by atoms with Crippen molar-refractivity contribution in [1.29, 1.82) is 0 Å². The first-order chi connectivity index (χ1) is 9.76. The second-order valence-corrected chi connectivity index (χ2v) is 4.57. The van der Waals surface area contributed by atoms with Crippen LogP contribution < -0.4 is 14.2 Å². The van der Waals surface area contributed by atoms with E-state index >= 15 is 0 Å². The second-order valence-electron chi connectivity index (χ2n) is 4.57. The van der Waals surface area contributed by atoms with Crippen LogP contribution >= 0.6 is 0 Å². The molecular formula is C16H27NO3. The van der Waals surface area contributed by atoms with Gasteiger partial charge in [-0.05, 0) is 44.6 Å². The summed E-state index contributed by atoms with van der Waals surface area (Å²) < 4.78 is 16.4. The van der Waals surface area contributed by atoms with Crippen LogP contribution in [0.3, 0.4) is 0 Å². The summed E-state index contributed by atoms with van der Waals surface area (Å²) in [7, 11) is 3.28. The molecule has 0 saturated heterocycles. The van der Waals surface area contributed by atoms with Crippen LogP contribution in [0.5, 0.6) is 17.2 Å². The Labute approximate surface area is 122 Å². The summed E-state index contributed by atoms with van der Waals surface area (Å²) in [6.07, 6.45) is 2.16. The van der Waals surface area contributed by atoms with Crippen LogP contribution in [0, 0.1) is 0 Å². The first-order valence-corrected chi connectivity index (χ1v) is 7.32. The van der Waals surface area contributed by atoms with Crippen molar-refractivity contribution >= 4 is 0 Å². The lowest BCUT2D eigenvalue weighted by Crippen LogP contribution is -2.24. The van der Waals surface area contributed by atoms with Crippen molar-refractivity contribution in [3.8, 4) is 17.2 Å². The SMILES string of the molecule is CCN(CC)CCCCOc1c(OC)cccc1OC. The van der Waals surface area contributed by atoms with Crippen molar-refractivity contribution in [2.24, 2.45) is 0 Å². The lowest BCUT2D eigenvalue weighted by molar-refractivity contribution is 0.250. The fourth-order valence-electron chi connectivity index (χ4n) is 2.11. The number of para-hydroxylation sites is 1. The number of nitrogens with zero attached hydrogens (tertiary/aromatic N) is 1. The fraction of sp³-hybridized carbons (Fsp3) is 0.625. The van der Waals surface area contributed by atoms with E-state index in [0.29, 0.717) is 23.9 Å². The molecule has 0 bridgehead atoms. The van der Waals surface area contributed by atoms with Crippen LogP contribution in [-0.2, 0) is 0 Å². The number of hydrogen-bond acceptors (Lipinski definition) is 4. The van der Waals surface area contributed by atoms with Gasteiger partial charge in [-0.25, -0.2) is 0 Å². The van der Waals surface area contributed by atoms with Crippen molar-refractivity contribution < 1.29 is 14.2 Å². The van der Waals surface area contributed by atoms with Gasteiger partial charge in [-0.1, -0.05) is 19.9 Å². The van der Waals surface area contributed by atoms with Gasteiger partial charge in [-0.2, -0.15) is 0 Å². The fourth-order valence-corrected chi connectivity index (χ4v) is 2.11. The molecule has 20 heavy (non-hydrogen) atoms. The van der Waals surface area contributed by atoms with Gasteiger partial charge in [0.25, 0.3) is 0 Å². The quantitative estimate of drug-likeness (QED) is 0.616. The van der Waals surface area contributed by atoms with Crippen LogP contribution in [0.2, 0.25) is 0 Å². The summed E-state index contributed by atoms with van der Waals surface area (Å²) in [5.41, 5.74) is 0. The summed E-state index contributed by atoms with van der Waals surface area (Å²) in [4.78, 5) is 2.42. The van der Waals surface area contributed by atoms with Crippen LogP contribution in [0.25, 0.3) is 0 Å². The molecule has 114 valence electrons. The molecule has 0 heterocycles. The maximum absolute atomic E-state index is 5.83. The third-order valence-electron chi connectivity index (χ3n) is 3.39. The summed E-state index contributed by atoms with van der Waals surface area (Å²) in [6.45, 7) is 8.41. The van der Waals surface area contributed by atoms with E-state index in [0.717, 1.165) is 32.5 Å². The molecular weight excluding hydrogens is 254 g/mol. The predicted octanol–water partition coefficient (Wildman–Crippen LogP) is 3.20. The first-order valence-electron chi connectivity index (χ1n) is 7.32. The molecule has 4 heteroatoms. The van der Waals surface area contributed by atoms with Gasteiger partial charge in [-0.15, -0.1) is 0 Å². The average Bonchev–Trinajstić information content (AvgIpc) is 2.50. The predicted molar refractivity (Wildman–Crippen MR) is 82.1 cm³/mol. The highest BCUT2D eigenvalue weighted by Crippen LogP contribution is 2.36. The standard InChI is InChI=1S/C16H27NO3/c1-5-17(6-2)12-7-8-13-20-16-14(18-3)10-9-11-15(16)19-4/h9-11H,5-8,12-13H2,1-4H3. The lowest BCUT2D eigenvalue weighted by Gasteiger charge is -2.18. The molecule has 0 radical (unpaired) electrons. The number of unbranched alkanes of at least 4 members (excludes halogenated alkanes) is 1. The Bertz CT molecular complexity index is 356. The molecule has 0 spiro atoms. The van der Waals surface area contributed by atoms with Crippen molar-refractivity contribution in [1.82, 2.24) is 4.90 Å². The highest BCUT2D eigenvalue weighted by atomic mass is 16.5. The average molecular weight is 281 g/mol. The number of ether oxygens (including phenoxy) is 3. The molecule has 0 aliphatic rings. The van der Waals surface area contributed by atoms with E-state index in [1.54, 1.807) is 14.2 Å². The van der Waals surface area contributed by atoms with Gasteiger partial charge in [0.2, 0.25) is 5.75 Å². The minimum absolute atomic E-state index is 0.679. The van der Waals surface area contributed by atoms with E-state index in [4.69, 9.17) is 14.2 Å². The molecule has 0 saturated carbocycles. The summed E-state index contributed by atoms with van der Waals surface area (Å²) in [5.74, 6) is 2.13. The number of benzene rings is 1. The van der Waals surface area contributed by atoms with Crippen LogP contribution in [0.4, 0.5) is 0 Å². The molecule has 0 aromatic heterocycles. The molecule has 0 aliphatic heterocycles. The van der Waals surface area contributed by atoms with E-state index < -0.39 is 0 Å². The van der Waals surface area contributed by atoms with E-state index in [9.17, 15) is 0 Å². The largest absolute Gasteiger partial charge is 0.493 e. The number of methoxy groups -OCH3 is 2. The maximum atomic E-state index is 5.83. The van der Waals surface area contributed by atoms with Gasteiger partial charge in [0.1, 0.15) is 0 Å². The minimum atomic E-state index is 0.679. The topological polar surface area (TPSA) is 30.9 Å². The van der Waals surface area contributed by atoms with E-state index in [-0.39, 0.29) is 0 Å². The zero-order valence-electron chi connectivity index (χ0n) is 13.1. The van der Waals surface area contributed by atoms with Crippen molar-refractivity contribution in [2.75, 3.05) is 40.5 Å². The van der Waals surface area contributed by atoms with Gasteiger partial charge in [0.15, 0.2) is 11.5 Å². The molecule has 0 N–H and O–H groups in total. The van der Waals surface area contributed by atoms with Gasteiger partial charge < -0.3 is 19.1 Å².